The molecule has 1 saturated heterocycles. The lowest BCUT2D eigenvalue weighted by molar-refractivity contribution is 0.263. The third kappa shape index (κ3) is 2.27. The summed E-state index contributed by atoms with van der Waals surface area (Å²) in [5.41, 5.74) is 0. The van der Waals surface area contributed by atoms with E-state index < -0.39 is 0 Å². The zero-order valence-electron chi connectivity index (χ0n) is 9.86. The summed E-state index contributed by atoms with van der Waals surface area (Å²) in [7, 11) is 0. The first-order valence-electron chi connectivity index (χ1n) is 6.25. The molecular weight excluding hydrogens is 210 g/mol. The molecule has 2 heteroatoms. The molecule has 0 aliphatic carbocycles. The van der Waals surface area contributed by atoms with Crippen LogP contribution in [0.4, 0.5) is 0 Å². The molecular formula is C15H17NO. The summed E-state index contributed by atoms with van der Waals surface area (Å²) in [6.07, 6.45) is 1.23. The highest BCUT2D eigenvalue weighted by Gasteiger charge is 2.15. The van der Waals surface area contributed by atoms with E-state index in [0.29, 0.717) is 5.92 Å². The largest absolute Gasteiger partial charge is 0.493 e. The van der Waals surface area contributed by atoms with Crippen molar-refractivity contribution in [2.24, 2.45) is 5.92 Å². The Hall–Kier alpha value is -1.54. The van der Waals surface area contributed by atoms with Crippen LogP contribution in [0.2, 0.25) is 0 Å². The van der Waals surface area contributed by atoms with E-state index in [-0.39, 0.29) is 0 Å². The molecule has 1 heterocycles. The number of nitrogens with one attached hydrogen (secondary N) is 1. The van der Waals surface area contributed by atoms with Crippen molar-refractivity contribution in [3.63, 3.8) is 0 Å². The summed E-state index contributed by atoms with van der Waals surface area (Å²) in [5.74, 6) is 1.67. The van der Waals surface area contributed by atoms with Gasteiger partial charge in [-0.3, -0.25) is 0 Å². The van der Waals surface area contributed by atoms with Gasteiger partial charge in [-0.25, -0.2) is 0 Å². The van der Waals surface area contributed by atoms with E-state index in [9.17, 15) is 0 Å². The van der Waals surface area contributed by atoms with Gasteiger partial charge in [-0.1, -0.05) is 36.4 Å². The van der Waals surface area contributed by atoms with Crippen molar-refractivity contribution in [1.82, 2.24) is 5.32 Å². The average Bonchev–Trinajstić information content (AvgIpc) is 2.89. The highest BCUT2D eigenvalue weighted by Crippen LogP contribution is 2.25. The Balaban J connectivity index is 1.79. The summed E-state index contributed by atoms with van der Waals surface area (Å²) < 4.78 is 5.96. The number of benzene rings is 2. The van der Waals surface area contributed by atoms with Gasteiger partial charge in [0.2, 0.25) is 0 Å². The first-order valence-corrected chi connectivity index (χ1v) is 6.25. The molecule has 1 aliphatic heterocycles. The number of ether oxygens (including phenoxy) is 1. The van der Waals surface area contributed by atoms with Gasteiger partial charge >= 0.3 is 0 Å². The Kier molecular flexibility index (Phi) is 2.97. The van der Waals surface area contributed by atoms with Gasteiger partial charge in [0.1, 0.15) is 5.75 Å². The van der Waals surface area contributed by atoms with E-state index >= 15 is 0 Å². The normalized spacial score (nSPS) is 19.6. The van der Waals surface area contributed by atoms with Crippen molar-refractivity contribution in [2.45, 2.75) is 6.42 Å². The standard InChI is InChI=1S/C15H17NO/c1-2-6-14-13(4-1)5-3-7-15(14)17-11-12-8-9-16-10-12/h1-7,12,16H,8-11H2/t12-/m1/s1. The van der Waals surface area contributed by atoms with Crippen LogP contribution < -0.4 is 10.1 Å². The smallest absolute Gasteiger partial charge is 0.127 e. The molecule has 1 N–H and O–H groups in total. The Labute approximate surface area is 102 Å². The molecule has 0 amide bonds. The molecule has 2 aromatic rings. The summed E-state index contributed by atoms with van der Waals surface area (Å²) in [4.78, 5) is 0. The van der Waals surface area contributed by atoms with Crippen molar-refractivity contribution in [3.8, 4) is 5.75 Å². The van der Waals surface area contributed by atoms with E-state index in [4.69, 9.17) is 4.74 Å². The van der Waals surface area contributed by atoms with Crippen molar-refractivity contribution in [2.75, 3.05) is 19.7 Å². The minimum atomic E-state index is 0.661. The molecule has 0 unspecified atom stereocenters. The van der Waals surface area contributed by atoms with Crippen LogP contribution in [0.5, 0.6) is 5.75 Å². The van der Waals surface area contributed by atoms with Crippen LogP contribution in [-0.4, -0.2) is 19.7 Å². The minimum Gasteiger partial charge on any atom is -0.493 e. The summed E-state index contributed by atoms with van der Waals surface area (Å²) in [6.45, 7) is 3.04. The minimum absolute atomic E-state index is 0.661. The molecule has 17 heavy (non-hydrogen) atoms. The zero-order valence-corrected chi connectivity index (χ0v) is 9.86. The van der Waals surface area contributed by atoms with Gasteiger partial charge in [-0.05, 0) is 24.4 Å². The first-order chi connectivity index (χ1) is 8.43. The van der Waals surface area contributed by atoms with E-state index in [1.807, 2.05) is 0 Å². The van der Waals surface area contributed by atoms with Crippen molar-refractivity contribution >= 4 is 10.8 Å². The number of rotatable bonds is 3. The lowest BCUT2D eigenvalue weighted by atomic mass is 10.1. The average molecular weight is 227 g/mol. The molecule has 3 rings (SSSR count). The maximum absolute atomic E-state index is 5.96. The molecule has 1 aliphatic rings. The van der Waals surface area contributed by atoms with Gasteiger partial charge in [0.25, 0.3) is 0 Å². The fourth-order valence-corrected chi connectivity index (χ4v) is 2.39. The SMILES string of the molecule is c1ccc2c(OC[C@@H]3CCNC3)cccc2c1. The molecule has 2 aromatic carbocycles. The lowest BCUT2D eigenvalue weighted by Crippen LogP contribution is -2.15. The predicted molar refractivity (Wildman–Crippen MR) is 70.4 cm³/mol. The van der Waals surface area contributed by atoms with Gasteiger partial charge in [0, 0.05) is 17.8 Å². The Morgan fingerprint density at radius 2 is 2.00 bits per heavy atom. The molecule has 0 bridgehead atoms. The quantitative estimate of drug-likeness (QED) is 0.870. The Morgan fingerprint density at radius 1 is 1.12 bits per heavy atom. The molecule has 0 spiro atoms. The van der Waals surface area contributed by atoms with E-state index in [1.54, 1.807) is 0 Å². The molecule has 0 radical (unpaired) electrons. The Bertz CT molecular complexity index is 498. The van der Waals surface area contributed by atoms with Crippen LogP contribution in [0.3, 0.4) is 0 Å². The fraction of sp³-hybridized carbons (Fsp3) is 0.333. The second-order valence-corrected chi connectivity index (χ2v) is 4.65. The number of hydrogen-bond acceptors (Lipinski definition) is 2. The second-order valence-electron chi connectivity index (χ2n) is 4.65. The van der Waals surface area contributed by atoms with Crippen LogP contribution in [-0.2, 0) is 0 Å². The molecule has 1 fully saturated rings. The van der Waals surface area contributed by atoms with Gasteiger partial charge < -0.3 is 10.1 Å². The maximum atomic E-state index is 5.96. The molecule has 1 atom stereocenters. The topological polar surface area (TPSA) is 21.3 Å². The highest BCUT2D eigenvalue weighted by molar-refractivity contribution is 5.88. The third-order valence-electron chi connectivity index (χ3n) is 3.39. The monoisotopic (exact) mass is 227 g/mol. The molecule has 0 saturated carbocycles. The zero-order chi connectivity index (χ0) is 11.5. The third-order valence-corrected chi connectivity index (χ3v) is 3.39. The Morgan fingerprint density at radius 3 is 2.88 bits per heavy atom. The van der Waals surface area contributed by atoms with Gasteiger partial charge in [-0.15, -0.1) is 0 Å². The van der Waals surface area contributed by atoms with Gasteiger partial charge in [0.05, 0.1) is 6.61 Å². The second kappa shape index (κ2) is 4.76. The van der Waals surface area contributed by atoms with E-state index in [0.717, 1.165) is 25.4 Å². The van der Waals surface area contributed by atoms with Crippen molar-refractivity contribution in [1.29, 1.82) is 0 Å². The van der Waals surface area contributed by atoms with E-state index in [2.05, 4.69) is 47.8 Å². The van der Waals surface area contributed by atoms with Gasteiger partial charge in [0.15, 0.2) is 0 Å². The molecule has 2 nitrogen and oxygen atoms in total. The lowest BCUT2D eigenvalue weighted by Gasteiger charge is -2.12. The predicted octanol–water partition coefficient (Wildman–Crippen LogP) is 2.83. The summed E-state index contributed by atoms with van der Waals surface area (Å²) >= 11 is 0. The van der Waals surface area contributed by atoms with E-state index in [1.165, 1.54) is 17.2 Å². The molecule has 88 valence electrons. The first kappa shape index (κ1) is 10.6. The van der Waals surface area contributed by atoms with Crippen LogP contribution in [0.15, 0.2) is 42.5 Å². The summed E-state index contributed by atoms with van der Waals surface area (Å²) in [5, 5.41) is 5.82. The number of fused-ring (bicyclic) bond motifs is 1. The molecule has 0 aromatic heterocycles. The summed E-state index contributed by atoms with van der Waals surface area (Å²) in [6, 6.07) is 14.6. The van der Waals surface area contributed by atoms with Crippen molar-refractivity contribution < 1.29 is 4.74 Å². The van der Waals surface area contributed by atoms with Crippen molar-refractivity contribution in [3.05, 3.63) is 42.5 Å². The number of hydrogen-bond donors (Lipinski definition) is 1. The van der Waals surface area contributed by atoms with Crippen LogP contribution in [0.25, 0.3) is 10.8 Å². The maximum Gasteiger partial charge on any atom is 0.127 e. The van der Waals surface area contributed by atoms with Crippen LogP contribution >= 0.6 is 0 Å². The van der Waals surface area contributed by atoms with Crippen LogP contribution in [0, 0.1) is 5.92 Å². The van der Waals surface area contributed by atoms with Gasteiger partial charge in [-0.2, -0.15) is 0 Å². The highest BCUT2D eigenvalue weighted by atomic mass is 16.5. The van der Waals surface area contributed by atoms with Crippen LogP contribution in [0.1, 0.15) is 6.42 Å². The fourth-order valence-electron chi connectivity index (χ4n) is 2.39.